The van der Waals surface area contributed by atoms with Crippen LogP contribution < -0.4 is 0 Å². The van der Waals surface area contributed by atoms with Crippen molar-refractivity contribution in [3.8, 4) is 0 Å². The van der Waals surface area contributed by atoms with Crippen molar-refractivity contribution >= 4 is 39.8 Å². The summed E-state index contributed by atoms with van der Waals surface area (Å²) in [4.78, 5) is 16.4. The van der Waals surface area contributed by atoms with E-state index < -0.39 is 0 Å². The predicted molar refractivity (Wildman–Crippen MR) is 95.6 cm³/mol. The summed E-state index contributed by atoms with van der Waals surface area (Å²) >= 11 is 1.38. The number of hydrogen-bond acceptors (Lipinski definition) is 4. The number of thioether (sulfide) groups is 1. The highest BCUT2D eigenvalue weighted by molar-refractivity contribution is 8.26. The van der Waals surface area contributed by atoms with Gasteiger partial charge in [0.1, 0.15) is 5.04 Å². The first-order valence-corrected chi connectivity index (χ1v) is 8.32. The first kappa shape index (κ1) is 15.7. The zero-order valence-electron chi connectivity index (χ0n) is 13.3. The van der Waals surface area contributed by atoms with Crippen LogP contribution >= 0.6 is 11.8 Å². The summed E-state index contributed by atoms with van der Waals surface area (Å²) in [6, 6.07) is 7.76. The number of rotatable bonds is 3. The monoisotopic (exact) mass is 326 g/mol. The standard InChI is InChI=1S/C17H18N4OS/c1-10(2)8-14-20-21-15(18)13(16(22)19-17(21)23-14)9-12-7-5-4-6-11(12)3/h4-7,9-10,18H,8H2,1-3H3. The number of benzene rings is 1. The molecule has 0 spiro atoms. The molecule has 0 aromatic heterocycles. The van der Waals surface area contributed by atoms with Gasteiger partial charge in [-0.2, -0.15) is 15.1 Å². The number of carbonyl (C=O) groups is 1. The van der Waals surface area contributed by atoms with Crippen LogP contribution in [-0.2, 0) is 4.79 Å². The Balaban J connectivity index is 1.95. The number of nitrogens with one attached hydrogen (secondary N) is 1. The van der Waals surface area contributed by atoms with Crippen molar-refractivity contribution in [1.82, 2.24) is 5.01 Å². The molecule has 2 heterocycles. The van der Waals surface area contributed by atoms with Gasteiger partial charge in [-0.25, -0.2) is 0 Å². The lowest BCUT2D eigenvalue weighted by Gasteiger charge is -2.20. The lowest BCUT2D eigenvalue weighted by atomic mass is 10.0. The number of hydrogen-bond donors (Lipinski definition) is 1. The van der Waals surface area contributed by atoms with E-state index in [1.54, 1.807) is 6.08 Å². The molecule has 0 atom stereocenters. The first-order valence-electron chi connectivity index (χ1n) is 7.50. The Morgan fingerprint density at radius 1 is 1.35 bits per heavy atom. The average Bonchev–Trinajstić information content (AvgIpc) is 2.87. The fourth-order valence-corrected chi connectivity index (χ4v) is 3.46. The van der Waals surface area contributed by atoms with Crippen molar-refractivity contribution in [2.75, 3.05) is 0 Å². The zero-order valence-corrected chi connectivity index (χ0v) is 14.1. The van der Waals surface area contributed by atoms with Gasteiger partial charge < -0.3 is 0 Å². The summed E-state index contributed by atoms with van der Waals surface area (Å²) in [6.07, 6.45) is 2.54. The molecule has 2 aliphatic rings. The van der Waals surface area contributed by atoms with E-state index in [9.17, 15) is 4.79 Å². The Bertz CT molecular complexity index is 777. The van der Waals surface area contributed by atoms with Crippen molar-refractivity contribution in [3.63, 3.8) is 0 Å². The fourth-order valence-electron chi connectivity index (χ4n) is 2.37. The third kappa shape index (κ3) is 3.12. The SMILES string of the molecule is Cc1ccccc1C=C1C(=N)N2N=C(CC(C)C)SC2=NC1=O. The highest BCUT2D eigenvalue weighted by Gasteiger charge is 2.35. The molecule has 1 N–H and O–H groups in total. The molecular formula is C17H18N4OS. The molecule has 1 amide bonds. The van der Waals surface area contributed by atoms with Gasteiger partial charge >= 0.3 is 0 Å². The van der Waals surface area contributed by atoms with E-state index >= 15 is 0 Å². The smallest absolute Gasteiger partial charge is 0.282 e. The number of aryl methyl sites for hydroxylation is 1. The topological polar surface area (TPSA) is 68.9 Å². The average molecular weight is 326 g/mol. The fraction of sp³-hybridized carbons (Fsp3) is 0.294. The molecule has 0 saturated heterocycles. The molecule has 0 aliphatic carbocycles. The second-order valence-electron chi connectivity index (χ2n) is 5.97. The Kier molecular flexibility index (Phi) is 4.17. The summed E-state index contributed by atoms with van der Waals surface area (Å²) in [5.41, 5.74) is 2.24. The van der Waals surface area contributed by atoms with Crippen LogP contribution in [0.1, 0.15) is 31.4 Å². The third-order valence-corrected chi connectivity index (χ3v) is 4.50. The lowest BCUT2D eigenvalue weighted by molar-refractivity contribution is -0.114. The largest absolute Gasteiger partial charge is 0.283 e. The van der Waals surface area contributed by atoms with E-state index in [-0.39, 0.29) is 17.3 Å². The number of nitrogens with zero attached hydrogens (tertiary/aromatic N) is 3. The van der Waals surface area contributed by atoms with E-state index in [1.165, 1.54) is 16.8 Å². The van der Waals surface area contributed by atoms with Gasteiger partial charge in [-0.3, -0.25) is 10.2 Å². The van der Waals surface area contributed by atoms with Crippen molar-refractivity contribution in [2.45, 2.75) is 27.2 Å². The first-order chi connectivity index (χ1) is 11.0. The maximum Gasteiger partial charge on any atom is 0.283 e. The van der Waals surface area contributed by atoms with Gasteiger partial charge in [0.25, 0.3) is 5.91 Å². The summed E-state index contributed by atoms with van der Waals surface area (Å²) in [5, 5.41) is 15.6. The quantitative estimate of drug-likeness (QED) is 0.862. The maximum absolute atomic E-state index is 12.3. The van der Waals surface area contributed by atoms with E-state index in [4.69, 9.17) is 5.41 Å². The van der Waals surface area contributed by atoms with Gasteiger partial charge in [-0.15, -0.1) is 0 Å². The predicted octanol–water partition coefficient (Wildman–Crippen LogP) is 3.66. The third-order valence-electron chi connectivity index (χ3n) is 3.57. The Hall–Kier alpha value is -2.21. The van der Waals surface area contributed by atoms with Crippen LogP contribution in [0, 0.1) is 18.3 Å². The molecule has 1 aromatic rings. The normalized spacial score (nSPS) is 19.3. The number of amides is 1. The molecule has 3 rings (SSSR count). The van der Waals surface area contributed by atoms with E-state index in [0.717, 1.165) is 22.6 Å². The Morgan fingerprint density at radius 3 is 2.78 bits per heavy atom. The Labute approximate surface area is 139 Å². The second-order valence-corrected chi connectivity index (χ2v) is 7.01. The number of carbonyl (C=O) groups excluding carboxylic acids is 1. The van der Waals surface area contributed by atoms with E-state index in [1.807, 2.05) is 31.2 Å². The van der Waals surface area contributed by atoms with Crippen molar-refractivity contribution in [1.29, 1.82) is 5.41 Å². The highest BCUT2D eigenvalue weighted by Crippen LogP contribution is 2.30. The van der Waals surface area contributed by atoms with Crippen LogP contribution in [0.25, 0.3) is 6.08 Å². The minimum Gasteiger partial charge on any atom is -0.282 e. The number of hydrazone groups is 1. The number of fused-ring (bicyclic) bond motifs is 1. The van der Waals surface area contributed by atoms with Crippen LogP contribution in [0.4, 0.5) is 0 Å². The summed E-state index contributed by atoms with van der Waals surface area (Å²) < 4.78 is 0. The van der Waals surface area contributed by atoms with Gasteiger partial charge in [-0.05, 0) is 41.8 Å². The van der Waals surface area contributed by atoms with Gasteiger partial charge in [0.15, 0.2) is 5.84 Å². The summed E-state index contributed by atoms with van der Waals surface area (Å²) in [7, 11) is 0. The molecule has 0 unspecified atom stereocenters. The van der Waals surface area contributed by atoms with Crippen LogP contribution in [0.15, 0.2) is 39.9 Å². The van der Waals surface area contributed by atoms with Crippen LogP contribution in [-0.4, -0.2) is 27.0 Å². The number of aliphatic imine (C=N–C) groups is 1. The molecule has 1 aromatic carbocycles. The van der Waals surface area contributed by atoms with Crippen molar-refractivity contribution in [3.05, 3.63) is 41.0 Å². The molecule has 0 radical (unpaired) electrons. The van der Waals surface area contributed by atoms with Crippen LogP contribution in [0.3, 0.4) is 0 Å². The molecular weight excluding hydrogens is 308 g/mol. The van der Waals surface area contributed by atoms with Gasteiger partial charge in [-0.1, -0.05) is 38.1 Å². The number of amidine groups is 2. The second kappa shape index (κ2) is 6.12. The molecule has 23 heavy (non-hydrogen) atoms. The molecule has 2 aliphatic heterocycles. The zero-order chi connectivity index (χ0) is 16.6. The molecule has 0 saturated carbocycles. The van der Waals surface area contributed by atoms with Crippen molar-refractivity contribution < 1.29 is 4.79 Å². The molecule has 118 valence electrons. The van der Waals surface area contributed by atoms with Crippen LogP contribution in [0.5, 0.6) is 0 Å². The Morgan fingerprint density at radius 2 is 2.09 bits per heavy atom. The van der Waals surface area contributed by atoms with Gasteiger partial charge in [0, 0.05) is 6.42 Å². The summed E-state index contributed by atoms with van der Waals surface area (Å²) in [5.74, 6) is 0.183. The lowest BCUT2D eigenvalue weighted by Crippen LogP contribution is -2.35. The van der Waals surface area contributed by atoms with Crippen LogP contribution in [0.2, 0.25) is 0 Å². The van der Waals surface area contributed by atoms with E-state index in [0.29, 0.717) is 11.1 Å². The van der Waals surface area contributed by atoms with Crippen molar-refractivity contribution in [2.24, 2.45) is 16.0 Å². The highest BCUT2D eigenvalue weighted by atomic mass is 32.2. The van der Waals surface area contributed by atoms with Gasteiger partial charge in [0.2, 0.25) is 5.17 Å². The minimum atomic E-state index is -0.377. The molecule has 0 fully saturated rings. The summed E-state index contributed by atoms with van der Waals surface area (Å²) in [6.45, 7) is 6.20. The minimum absolute atomic E-state index is 0.0921. The molecule has 0 bridgehead atoms. The maximum atomic E-state index is 12.3. The molecule has 5 nitrogen and oxygen atoms in total. The van der Waals surface area contributed by atoms with E-state index in [2.05, 4.69) is 23.9 Å². The van der Waals surface area contributed by atoms with Gasteiger partial charge in [0.05, 0.1) is 5.57 Å². The molecule has 6 heteroatoms.